The Kier molecular flexibility index (Phi) is 4.23. The third-order valence-corrected chi connectivity index (χ3v) is 4.43. The maximum Gasteiger partial charge on any atom is 0.254 e. The fourth-order valence-corrected chi connectivity index (χ4v) is 3.11. The molecule has 1 aliphatic heterocycles. The monoisotopic (exact) mass is 346 g/mol. The predicted octanol–water partition coefficient (Wildman–Crippen LogP) is 2.14. The first kappa shape index (κ1) is 16.1. The molecule has 130 valence electrons. The van der Waals surface area contributed by atoms with Crippen LogP contribution in [-0.2, 0) is 17.9 Å². The summed E-state index contributed by atoms with van der Waals surface area (Å²) in [5.41, 5.74) is 3.63. The highest BCUT2D eigenvalue weighted by molar-refractivity contribution is 6.00. The zero-order valence-corrected chi connectivity index (χ0v) is 14.1. The van der Waals surface area contributed by atoms with Crippen molar-refractivity contribution in [1.29, 1.82) is 0 Å². The Morgan fingerprint density at radius 2 is 2.04 bits per heavy atom. The van der Waals surface area contributed by atoms with Crippen molar-refractivity contribution in [3.63, 3.8) is 0 Å². The summed E-state index contributed by atoms with van der Waals surface area (Å²) in [6, 6.07) is 15.3. The molecule has 0 radical (unpaired) electrons. The molecule has 0 bridgehead atoms. The molecule has 0 aliphatic carbocycles. The lowest BCUT2D eigenvalue weighted by atomic mass is 10.1. The van der Waals surface area contributed by atoms with Crippen LogP contribution in [0.2, 0.25) is 0 Å². The fourth-order valence-electron chi connectivity index (χ4n) is 3.11. The van der Waals surface area contributed by atoms with Crippen molar-refractivity contribution < 1.29 is 9.59 Å². The van der Waals surface area contributed by atoms with Gasteiger partial charge in [0.05, 0.1) is 6.33 Å². The van der Waals surface area contributed by atoms with E-state index in [2.05, 4.69) is 10.3 Å². The zero-order chi connectivity index (χ0) is 17.9. The van der Waals surface area contributed by atoms with Gasteiger partial charge in [0.15, 0.2) is 0 Å². The summed E-state index contributed by atoms with van der Waals surface area (Å²) < 4.78 is 1.91. The molecule has 2 heterocycles. The van der Waals surface area contributed by atoms with Gasteiger partial charge in [0.1, 0.15) is 6.54 Å². The van der Waals surface area contributed by atoms with Crippen LogP contribution in [0.15, 0.2) is 67.3 Å². The molecule has 0 atom stereocenters. The number of carbonyl (C=O) groups is 2. The molecule has 2 amide bonds. The van der Waals surface area contributed by atoms with Gasteiger partial charge in [-0.05, 0) is 29.3 Å². The highest BCUT2D eigenvalue weighted by Gasteiger charge is 2.27. The van der Waals surface area contributed by atoms with Gasteiger partial charge < -0.3 is 14.8 Å². The van der Waals surface area contributed by atoms with Crippen molar-refractivity contribution in [3.05, 3.63) is 83.9 Å². The van der Waals surface area contributed by atoms with E-state index >= 15 is 0 Å². The number of imidazole rings is 1. The van der Waals surface area contributed by atoms with E-state index in [0.717, 1.165) is 16.8 Å². The van der Waals surface area contributed by atoms with Crippen LogP contribution in [0.3, 0.4) is 0 Å². The molecular weight excluding hydrogens is 328 g/mol. The number of amides is 2. The molecule has 0 fully saturated rings. The Balaban J connectivity index is 1.35. The molecule has 1 aliphatic rings. The van der Waals surface area contributed by atoms with Gasteiger partial charge in [0.2, 0.25) is 5.91 Å². The van der Waals surface area contributed by atoms with Crippen LogP contribution < -0.4 is 5.32 Å². The van der Waals surface area contributed by atoms with Gasteiger partial charge >= 0.3 is 0 Å². The second-order valence-corrected chi connectivity index (χ2v) is 6.23. The summed E-state index contributed by atoms with van der Waals surface area (Å²) in [5, 5.41) is 2.89. The molecule has 0 spiro atoms. The SMILES string of the molecule is O=C(CN1Cc2ccccc2C1=O)NCc1cccc(-n2ccnc2)c1. The Hall–Kier alpha value is -3.41. The van der Waals surface area contributed by atoms with Crippen molar-refractivity contribution in [2.75, 3.05) is 6.54 Å². The van der Waals surface area contributed by atoms with Crippen LogP contribution in [0.1, 0.15) is 21.5 Å². The van der Waals surface area contributed by atoms with Crippen molar-refractivity contribution in [1.82, 2.24) is 19.8 Å². The number of hydrogen-bond donors (Lipinski definition) is 1. The average molecular weight is 346 g/mol. The maximum atomic E-state index is 12.3. The molecule has 6 nitrogen and oxygen atoms in total. The first-order chi connectivity index (χ1) is 12.7. The molecule has 0 unspecified atom stereocenters. The molecular formula is C20H18N4O2. The summed E-state index contributed by atoms with van der Waals surface area (Å²) >= 11 is 0. The topological polar surface area (TPSA) is 67.2 Å². The van der Waals surface area contributed by atoms with Crippen molar-refractivity contribution in [2.45, 2.75) is 13.1 Å². The number of nitrogens with one attached hydrogen (secondary N) is 1. The van der Waals surface area contributed by atoms with Crippen LogP contribution in [0.4, 0.5) is 0 Å². The molecule has 0 saturated carbocycles. The van der Waals surface area contributed by atoms with E-state index in [1.165, 1.54) is 0 Å². The second kappa shape index (κ2) is 6.84. The fraction of sp³-hybridized carbons (Fsp3) is 0.150. The minimum Gasteiger partial charge on any atom is -0.350 e. The van der Waals surface area contributed by atoms with Gasteiger partial charge in [-0.2, -0.15) is 0 Å². The van der Waals surface area contributed by atoms with Gasteiger partial charge in [-0.15, -0.1) is 0 Å². The molecule has 4 rings (SSSR count). The standard InChI is InChI=1S/C20H18N4O2/c25-19(13-24-12-16-5-1-2-7-18(16)20(24)26)22-11-15-4-3-6-17(10-15)23-9-8-21-14-23/h1-10,14H,11-13H2,(H,22,25). The Morgan fingerprint density at radius 1 is 1.15 bits per heavy atom. The van der Waals surface area contributed by atoms with Crippen LogP contribution in [0.5, 0.6) is 0 Å². The van der Waals surface area contributed by atoms with Gasteiger partial charge in [0.25, 0.3) is 5.91 Å². The summed E-state index contributed by atoms with van der Waals surface area (Å²) in [6.45, 7) is 0.962. The number of carbonyl (C=O) groups excluding carboxylic acids is 2. The quantitative estimate of drug-likeness (QED) is 0.770. The summed E-state index contributed by atoms with van der Waals surface area (Å²) in [6.07, 6.45) is 5.32. The Bertz CT molecular complexity index is 950. The lowest BCUT2D eigenvalue weighted by Crippen LogP contribution is -2.37. The minimum absolute atomic E-state index is 0.0642. The van der Waals surface area contributed by atoms with E-state index in [0.29, 0.717) is 18.7 Å². The number of benzene rings is 2. The van der Waals surface area contributed by atoms with E-state index in [9.17, 15) is 9.59 Å². The molecule has 2 aromatic carbocycles. The Morgan fingerprint density at radius 3 is 2.85 bits per heavy atom. The van der Waals surface area contributed by atoms with Gasteiger partial charge in [-0.1, -0.05) is 30.3 Å². The first-order valence-electron chi connectivity index (χ1n) is 8.42. The molecule has 3 aromatic rings. The van der Waals surface area contributed by atoms with Crippen molar-refractivity contribution >= 4 is 11.8 Å². The molecule has 6 heteroatoms. The number of aromatic nitrogens is 2. The summed E-state index contributed by atoms with van der Waals surface area (Å²) in [4.78, 5) is 30.2. The minimum atomic E-state index is -0.167. The lowest BCUT2D eigenvalue weighted by molar-refractivity contribution is -0.122. The van der Waals surface area contributed by atoms with E-state index < -0.39 is 0 Å². The third kappa shape index (κ3) is 3.21. The van der Waals surface area contributed by atoms with E-state index in [1.54, 1.807) is 23.5 Å². The summed E-state index contributed by atoms with van der Waals surface area (Å²) in [5.74, 6) is -0.253. The number of hydrogen-bond acceptors (Lipinski definition) is 3. The van der Waals surface area contributed by atoms with E-state index in [-0.39, 0.29) is 18.4 Å². The molecule has 1 N–H and O–H groups in total. The number of nitrogens with zero attached hydrogens (tertiary/aromatic N) is 3. The van der Waals surface area contributed by atoms with Gasteiger partial charge in [-0.3, -0.25) is 9.59 Å². The predicted molar refractivity (Wildman–Crippen MR) is 96.6 cm³/mol. The molecule has 0 saturated heterocycles. The van der Waals surface area contributed by atoms with Crippen LogP contribution in [0.25, 0.3) is 5.69 Å². The van der Waals surface area contributed by atoms with E-state index in [4.69, 9.17) is 0 Å². The van der Waals surface area contributed by atoms with E-state index in [1.807, 2.05) is 53.2 Å². The van der Waals surface area contributed by atoms with Gasteiger partial charge in [0, 0.05) is 36.7 Å². The lowest BCUT2D eigenvalue weighted by Gasteiger charge is -2.15. The van der Waals surface area contributed by atoms with Crippen LogP contribution in [-0.4, -0.2) is 32.8 Å². The number of fused-ring (bicyclic) bond motifs is 1. The largest absolute Gasteiger partial charge is 0.350 e. The number of rotatable bonds is 5. The maximum absolute atomic E-state index is 12.3. The first-order valence-corrected chi connectivity index (χ1v) is 8.42. The van der Waals surface area contributed by atoms with Crippen LogP contribution in [0, 0.1) is 0 Å². The van der Waals surface area contributed by atoms with Crippen molar-refractivity contribution in [2.24, 2.45) is 0 Å². The normalized spacial score (nSPS) is 12.9. The zero-order valence-electron chi connectivity index (χ0n) is 14.1. The van der Waals surface area contributed by atoms with Gasteiger partial charge in [-0.25, -0.2) is 4.98 Å². The Labute approximate surface area is 151 Å². The van der Waals surface area contributed by atoms with Crippen molar-refractivity contribution in [3.8, 4) is 5.69 Å². The molecule has 1 aromatic heterocycles. The average Bonchev–Trinajstić information content (AvgIpc) is 3.30. The molecule has 26 heavy (non-hydrogen) atoms. The second-order valence-electron chi connectivity index (χ2n) is 6.23. The highest BCUT2D eigenvalue weighted by atomic mass is 16.2. The summed E-state index contributed by atoms with van der Waals surface area (Å²) in [7, 11) is 0. The smallest absolute Gasteiger partial charge is 0.254 e. The van der Waals surface area contributed by atoms with Crippen LogP contribution >= 0.6 is 0 Å². The third-order valence-electron chi connectivity index (χ3n) is 4.43. The highest BCUT2D eigenvalue weighted by Crippen LogP contribution is 2.21.